The van der Waals surface area contributed by atoms with E-state index in [9.17, 15) is 9.59 Å². The Bertz CT molecular complexity index is 873. The number of hydrogen-bond donors (Lipinski definition) is 2. The topological polar surface area (TPSA) is 58.2 Å². The number of benzene rings is 2. The molecule has 4 nitrogen and oxygen atoms in total. The fourth-order valence-corrected chi connectivity index (χ4v) is 4.18. The van der Waals surface area contributed by atoms with E-state index in [0.29, 0.717) is 22.8 Å². The molecule has 0 heterocycles. The second-order valence-corrected chi connectivity index (χ2v) is 7.93. The Morgan fingerprint density at radius 1 is 1.07 bits per heavy atom. The Labute approximate surface area is 171 Å². The van der Waals surface area contributed by atoms with E-state index >= 15 is 0 Å². The van der Waals surface area contributed by atoms with Crippen molar-refractivity contribution in [2.24, 2.45) is 0 Å². The van der Waals surface area contributed by atoms with E-state index in [1.807, 2.05) is 44.2 Å². The normalized spacial score (nSPS) is 15.7. The van der Waals surface area contributed by atoms with Gasteiger partial charge in [-0.3, -0.25) is 9.59 Å². The number of halogens is 1. The number of carbonyl (C=O) groups is 2. The van der Waals surface area contributed by atoms with E-state index in [0.717, 1.165) is 43.2 Å². The third-order valence-corrected chi connectivity index (χ3v) is 5.84. The zero-order valence-electron chi connectivity index (χ0n) is 16.5. The minimum atomic E-state index is -0.586. The lowest BCUT2D eigenvalue weighted by Crippen LogP contribution is -2.42. The van der Waals surface area contributed by atoms with Gasteiger partial charge in [-0.25, -0.2) is 0 Å². The Morgan fingerprint density at radius 3 is 2.50 bits per heavy atom. The number of hydrogen-bond acceptors (Lipinski definition) is 2. The average Bonchev–Trinajstić information content (AvgIpc) is 2.70. The molecule has 0 aromatic heterocycles. The molecule has 0 bridgehead atoms. The van der Waals surface area contributed by atoms with Crippen molar-refractivity contribution in [2.45, 2.75) is 51.4 Å². The molecule has 1 aliphatic rings. The van der Waals surface area contributed by atoms with Gasteiger partial charge in [-0.15, -0.1) is 0 Å². The molecule has 0 aliphatic heterocycles. The Morgan fingerprint density at radius 2 is 1.82 bits per heavy atom. The van der Waals surface area contributed by atoms with E-state index in [4.69, 9.17) is 11.6 Å². The first-order valence-corrected chi connectivity index (χ1v) is 10.3. The van der Waals surface area contributed by atoms with Crippen LogP contribution in [0.3, 0.4) is 0 Å². The zero-order chi connectivity index (χ0) is 20.1. The number of rotatable bonds is 5. The highest BCUT2D eigenvalue weighted by Crippen LogP contribution is 2.41. The molecule has 2 aromatic carbocycles. The van der Waals surface area contributed by atoms with E-state index in [1.54, 1.807) is 12.1 Å². The van der Waals surface area contributed by atoms with Gasteiger partial charge in [0.25, 0.3) is 5.91 Å². The van der Waals surface area contributed by atoms with Crippen LogP contribution in [0, 0.1) is 6.92 Å². The minimum absolute atomic E-state index is 0.0226. The van der Waals surface area contributed by atoms with Crippen LogP contribution in [-0.4, -0.2) is 18.4 Å². The SMILES string of the molecule is CCNC(=O)c1ccc(C)c(NC(=O)C2(c3cccc(Cl)c3)CCCCC2)c1. The van der Waals surface area contributed by atoms with Gasteiger partial charge in [0.15, 0.2) is 0 Å². The van der Waals surface area contributed by atoms with Crippen molar-refractivity contribution < 1.29 is 9.59 Å². The highest BCUT2D eigenvalue weighted by atomic mass is 35.5. The number of anilines is 1. The third-order valence-electron chi connectivity index (χ3n) is 5.60. The van der Waals surface area contributed by atoms with Gasteiger partial charge in [-0.2, -0.15) is 0 Å². The summed E-state index contributed by atoms with van der Waals surface area (Å²) in [6.45, 7) is 4.38. The lowest BCUT2D eigenvalue weighted by Gasteiger charge is -2.36. The van der Waals surface area contributed by atoms with Crippen LogP contribution >= 0.6 is 11.6 Å². The number of nitrogens with one attached hydrogen (secondary N) is 2. The van der Waals surface area contributed by atoms with Gasteiger partial charge < -0.3 is 10.6 Å². The minimum Gasteiger partial charge on any atom is -0.352 e. The van der Waals surface area contributed by atoms with E-state index in [2.05, 4.69) is 10.6 Å². The maximum absolute atomic E-state index is 13.5. The van der Waals surface area contributed by atoms with Gasteiger partial charge in [0.2, 0.25) is 5.91 Å². The van der Waals surface area contributed by atoms with Gasteiger partial charge in [0.05, 0.1) is 5.41 Å². The van der Waals surface area contributed by atoms with Crippen molar-refractivity contribution in [1.29, 1.82) is 0 Å². The van der Waals surface area contributed by atoms with E-state index < -0.39 is 5.41 Å². The summed E-state index contributed by atoms with van der Waals surface area (Å²) in [5, 5.41) is 6.56. The van der Waals surface area contributed by atoms with Crippen molar-refractivity contribution in [3.05, 3.63) is 64.2 Å². The molecular formula is C23H27ClN2O2. The lowest BCUT2D eigenvalue weighted by molar-refractivity contribution is -0.122. The summed E-state index contributed by atoms with van der Waals surface area (Å²) in [6.07, 6.45) is 4.76. The van der Waals surface area contributed by atoms with Crippen LogP contribution in [0.2, 0.25) is 5.02 Å². The lowest BCUT2D eigenvalue weighted by atomic mass is 9.68. The van der Waals surface area contributed by atoms with Crippen molar-refractivity contribution in [3.8, 4) is 0 Å². The van der Waals surface area contributed by atoms with E-state index in [1.165, 1.54) is 0 Å². The molecular weight excluding hydrogens is 372 g/mol. The monoisotopic (exact) mass is 398 g/mol. The Balaban J connectivity index is 1.93. The first kappa shape index (κ1) is 20.4. The molecule has 0 saturated heterocycles. The first-order valence-electron chi connectivity index (χ1n) is 9.92. The van der Waals surface area contributed by atoms with Crippen LogP contribution in [0.5, 0.6) is 0 Å². The fraction of sp³-hybridized carbons (Fsp3) is 0.391. The number of aryl methyl sites for hydroxylation is 1. The standard InChI is InChI=1S/C23H27ClN2O2/c1-3-25-21(27)17-11-10-16(2)20(14-17)26-22(28)23(12-5-4-6-13-23)18-8-7-9-19(24)15-18/h7-11,14-15H,3-6,12-13H2,1-2H3,(H,25,27)(H,26,28). The second kappa shape index (κ2) is 8.78. The highest BCUT2D eigenvalue weighted by molar-refractivity contribution is 6.30. The van der Waals surface area contributed by atoms with E-state index in [-0.39, 0.29) is 11.8 Å². The molecule has 1 fully saturated rings. The summed E-state index contributed by atoms with van der Waals surface area (Å²) in [7, 11) is 0. The van der Waals surface area contributed by atoms with Gasteiger partial charge in [0, 0.05) is 22.8 Å². The van der Waals surface area contributed by atoms with Gasteiger partial charge in [-0.05, 0) is 62.1 Å². The quantitative estimate of drug-likeness (QED) is 0.723. The smallest absolute Gasteiger partial charge is 0.251 e. The van der Waals surface area contributed by atoms with Crippen molar-refractivity contribution in [3.63, 3.8) is 0 Å². The van der Waals surface area contributed by atoms with Crippen LogP contribution in [0.4, 0.5) is 5.69 Å². The summed E-state index contributed by atoms with van der Waals surface area (Å²) >= 11 is 6.23. The van der Waals surface area contributed by atoms with Crippen molar-refractivity contribution in [2.75, 3.05) is 11.9 Å². The van der Waals surface area contributed by atoms with Gasteiger partial charge in [0.1, 0.15) is 0 Å². The predicted octanol–water partition coefficient (Wildman–Crippen LogP) is 5.24. The molecule has 2 aromatic rings. The summed E-state index contributed by atoms with van der Waals surface area (Å²) in [5.41, 5.74) is 2.54. The first-order chi connectivity index (χ1) is 13.5. The summed E-state index contributed by atoms with van der Waals surface area (Å²) in [4.78, 5) is 25.7. The molecule has 5 heteroatoms. The maximum atomic E-state index is 13.5. The molecule has 0 spiro atoms. The molecule has 0 radical (unpaired) electrons. The average molecular weight is 399 g/mol. The molecule has 1 saturated carbocycles. The van der Waals surface area contributed by atoms with Crippen LogP contribution in [0.15, 0.2) is 42.5 Å². The van der Waals surface area contributed by atoms with Crippen LogP contribution in [-0.2, 0) is 10.2 Å². The molecule has 0 unspecified atom stereocenters. The zero-order valence-corrected chi connectivity index (χ0v) is 17.2. The molecule has 2 N–H and O–H groups in total. The summed E-state index contributed by atoms with van der Waals surface area (Å²) in [6, 6.07) is 13.0. The van der Waals surface area contributed by atoms with Crippen LogP contribution < -0.4 is 10.6 Å². The fourth-order valence-electron chi connectivity index (χ4n) is 3.99. The Hall–Kier alpha value is -2.33. The largest absolute Gasteiger partial charge is 0.352 e. The number of amides is 2. The van der Waals surface area contributed by atoms with Crippen LogP contribution in [0.25, 0.3) is 0 Å². The van der Waals surface area contributed by atoms with Gasteiger partial charge >= 0.3 is 0 Å². The summed E-state index contributed by atoms with van der Waals surface area (Å²) < 4.78 is 0. The molecule has 0 atom stereocenters. The third kappa shape index (κ3) is 4.22. The maximum Gasteiger partial charge on any atom is 0.251 e. The highest BCUT2D eigenvalue weighted by Gasteiger charge is 2.41. The van der Waals surface area contributed by atoms with Crippen LogP contribution in [0.1, 0.15) is 60.5 Å². The Kier molecular flexibility index (Phi) is 6.40. The molecule has 1 aliphatic carbocycles. The molecule has 28 heavy (non-hydrogen) atoms. The number of carbonyl (C=O) groups excluding carboxylic acids is 2. The van der Waals surface area contributed by atoms with Crippen molar-refractivity contribution >= 4 is 29.1 Å². The molecule has 3 rings (SSSR count). The second-order valence-electron chi connectivity index (χ2n) is 7.50. The summed E-state index contributed by atoms with van der Waals surface area (Å²) in [5.74, 6) is -0.161. The van der Waals surface area contributed by atoms with Crippen molar-refractivity contribution in [1.82, 2.24) is 5.32 Å². The predicted molar refractivity (Wildman–Crippen MR) is 114 cm³/mol. The molecule has 2 amide bonds. The van der Waals surface area contributed by atoms with Gasteiger partial charge in [-0.1, -0.05) is 49.1 Å². The molecule has 148 valence electrons.